The summed E-state index contributed by atoms with van der Waals surface area (Å²) in [5.41, 5.74) is 0. The van der Waals surface area contributed by atoms with Crippen LogP contribution < -0.4 is 0 Å². The lowest BCUT2D eigenvalue weighted by Crippen LogP contribution is -2.12. The fourth-order valence-electron chi connectivity index (χ4n) is 1.08. The van der Waals surface area contributed by atoms with Gasteiger partial charge in [0.05, 0.1) is 0 Å². The van der Waals surface area contributed by atoms with Gasteiger partial charge in [0.25, 0.3) is 0 Å². The van der Waals surface area contributed by atoms with Crippen molar-refractivity contribution in [1.82, 2.24) is 0 Å². The molecule has 0 aromatic carbocycles. The van der Waals surface area contributed by atoms with Gasteiger partial charge in [-0.1, -0.05) is 5.29 Å². The van der Waals surface area contributed by atoms with Gasteiger partial charge in [0, 0.05) is 0 Å². The van der Waals surface area contributed by atoms with Crippen molar-refractivity contribution in [2.24, 2.45) is 0 Å². The molecule has 0 unspecified atom stereocenters. The third-order valence-corrected chi connectivity index (χ3v) is 7.15. The van der Waals surface area contributed by atoms with E-state index in [1.807, 2.05) is 0 Å². The average Bonchev–Trinajstić information content (AvgIpc) is 1.60. The first-order valence-corrected chi connectivity index (χ1v) is 5.91. The zero-order valence-corrected chi connectivity index (χ0v) is 6.96. The summed E-state index contributed by atoms with van der Waals surface area (Å²) in [5.74, 6) is 0. The van der Waals surface area contributed by atoms with Gasteiger partial charge in [-0.3, -0.25) is 0 Å². The third kappa shape index (κ3) is 0.865. The molecule has 1 rings (SSSR count). The molecule has 0 bridgehead atoms. The molecule has 1 heterocycles. The van der Waals surface area contributed by atoms with E-state index < -0.39 is 6.89 Å². The number of rotatable bonds is 0. The fraction of sp³-hybridized carbons (Fsp3) is 0.857. The highest BCUT2D eigenvalue weighted by Gasteiger charge is 2.20. The molecule has 0 radical (unpaired) electrons. The van der Waals surface area contributed by atoms with Gasteiger partial charge in [-0.25, -0.2) is 0 Å². The predicted molar refractivity (Wildman–Crippen MR) is 43.6 cm³/mol. The number of hydrogen-bond donors (Lipinski definition) is 0. The summed E-state index contributed by atoms with van der Waals surface area (Å²) in [6.45, 7) is 6.68. The van der Waals surface area contributed by atoms with Crippen LogP contribution in [0.25, 0.3) is 0 Å². The quantitative estimate of drug-likeness (QED) is 0.441. The first kappa shape index (κ1) is 6.42. The molecule has 0 aromatic heterocycles. The third-order valence-electron chi connectivity index (χ3n) is 2.38. The molecule has 1 aliphatic rings. The Hall–Kier alpha value is 0.300. The Morgan fingerprint density at radius 1 is 1.25 bits per heavy atom. The van der Waals surface area contributed by atoms with E-state index in [0.717, 1.165) is 0 Å². The van der Waals surface area contributed by atoms with E-state index in [1.165, 1.54) is 18.7 Å². The lowest BCUT2D eigenvalue weighted by Gasteiger charge is -2.32. The molecule has 1 heteroatoms. The smallest absolute Gasteiger partial charge is 0.0327 e. The monoisotopic (exact) mass is 130 g/mol. The first-order chi connectivity index (χ1) is 3.65. The van der Waals surface area contributed by atoms with Gasteiger partial charge in [0.15, 0.2) is 0 Å². The van der Waals surface area contributed by atoms with Crippen molar-refractivity contribution in [2.75, 3.05) is 19.0 Å². The lowest BCUT2D eigenvalue weighted by molar-refractivity contribution is 1.02. The van der Waals surface area contributed by atoms with Crippen LogP contribution >= 0.6 is 6.89 Å². The summed E-state index contributed by atoms with van der Waals surface area (Å²) < 4.78 is 0. The van der Waals surface area contributed by atoms with E-state index in [2.05, 4.69) is 20.5 Å². The Balaban J connectivity index is 2.80. The lowest BCUT2D eigenvalue weighted by atomic mass is 10.5. The van der Waals surface area contributed by atoms with Crippen molar-refractivity contribution in [2.45, 2.75) is 20.3 Å². The van der Waals surface area contributed by atoms with Crippen LogP contribution in [0.5, 0.6) is 0 Å². The van der Waals surface area contributed by atoms with E-state index in [-0.39, 0.29) is 0 Å². The van der Waals surface area contributed by atoms with Gasteiger partial charge in [0.2, 0.25) is 0 Å². The van der Waals surface area contributed by atoms with E-state index in [9.17, 15) is 0 Å². The minimum Gasteiger partial charge on any atom is -0.109 e. The fourth-order valence-corrected chi connectivity index (χ4v) is 3.24. The maximum Gasteiger partial charge on any atom is -0.0327 e. The van der Waals surface area contributed by atoms with E-state index in [0.29, 0.717) is 0 Å². The molecule has 1 fully saturated rings. The Morgan fingerprint density at radius 2 is 1.75 bits per heavy atom. The molecule has 0 aromatic rings. The normalized spacial score (nSPS) is 24.4. The molecule has 0 nitrogen and oxygen atoms in total. The second-order valence-corrected chi connectivity index (χ2v) is 7.72. The van der Waals surface area contributed by atoms with Gasteiger partial charge in [-0.2, -0.15) is 0 Å². The zero-order valence-electron chi connectivity index (χ0n) is 6.07. The number of hydrogen-bond acceptors (Lipinski definition) is 0. The molecule has 0 saturated carbocycles. The highest BCUT2D eigenvalue weighted by Crippen LogP contribution is 2.54. The van der Waals surface area contributed by atoms with Crippen molar-refractivity contribution in [1.29, 1.82) is 0 Å². The summed E-state index contributed by atoms with van der Waals surface area (Å²) in [6.07, 6.45) is 4.57. The Labute approximate surface area is 52.3 Å². The van der Waals surface area contributed by atoms with E-state index >= 15 is 0 Å². The Kier molecular flexibility index (Phi) is 1.54. The summed E-state index contributed by atoms with van der Waals surface area (Å²) in [6, 6.07) is 0. The second kappa shape index (κ2) is 1.92. The standard InChI is InChI=1S/C7H15P/c1-7(2)8(3)5-4-6-8/h4-6H2,1-3H3. The topological polar surface area (TPSA) is 0 Å². The second-order valence-electron chi connectivity index (χ2n) is 3.14. The minimum absolute atomic E-state index is 0.398. The highest BCUT2D eigenvalue weighted by atomic mass is 31.2. The molecule has 0 atom stereocenters. The van der Waals surface area contributed by atoms with Crippen molar-refractivity contribution in [3.05, 3.63) is 0 Å². The van der Waals surface area contributed by atoms with Crippen molar-refractivity contribution in [3.63, 3.8) is 0 Å². The molecular weight excluding hydrogens is 115 g/mol. The minimum atomic E-state index is -0.398. The molecule has 1 saturated heterocycles. The van der Waals surface area contributed by atoms with Crippen molar-refractivity contribution in [3.8, 4) is 0 Å². The Morgan fingerprint density at radius 3 is 1.75 bits per heavy atom. The van der Waals surface area contributed by atoms with Gasteiger partial charge >= 0.3 is 0 Å². The van der Waals surface area contributed by atoms with Gasteiger partial charge in [-0.15, -0.1) is 6.89 Å². The summed E-state index contributed by atoms with van der Waals surface area (Å²) in [4.78, 5) is 0. The molecule has 0 spiro atoms. The van der Waals surface area contributed by atoms with Gasteiger partial charge < -0.3 is 0 Å². The highest BCUT2D eigenvalue weighted by molar-refractivity contribution is 7.76. The Bertz CT molecular complexity index is 132. The van der Waals surface area contributed by atoms with Crippen molar-refractivity contribution < 1.29 is 0 Å². The van der Waals surface area contributed by atoms with Gasteiger partial charge in [0.1, 0.15) is 0 Å². The summed E-state index contributed by atoms with van der Waals surface area (Å²) in [7, 11) is 0. The zero-order chi connectivity index (χ0) is 6.20. The van der Waals surface area contributed by atoms with Crippen LogP contribution in [0.4, 0.5) is 0 Å². The molecule has 0 N–H and O–H groups in total. The summed E-state index contributed by atoms with van der Waals surface area (Å²) >= 11 is 0. The first-order valence-electron chi connectivity index (χ1n) is 3.30. The maximum absolute atomic E-state index is 2.48. The molecular formula is C7H15P. The molecule has 0 aliphatic carbocycles. The van der Waals surface area contributed by atoms with E-state index in [4.69, 9.17) is 0 Å². The SMILES string of the molecule is CC(C)=P1(C)CCC1. The van der Waals surface area contributed by atoms with Crippen molar-refractivity contribution >= 4 is 12.2 Å². The van der Waals surface area contributed by atoms with Crippen LogP contribution in [-0.4, -0.2) is 24.3 Å². The summed E-state index contributed by atoms with van der Waals surface area (Å²) in [5, 5.41) is 1.73. The molecule has 8 heavy (non-hydrogen) atoms. The van der Waals surface area contributed by atoms with Crippen LogP contribution in [0.1, 0.15) is 20.3 Å². The van der Waals surface area contributed by atoms with Gasteiger partial charge in [-0.05, 0) is 39.3 Å². The van der Waals surface area contributed by atoms with Crippen LogP contribution in [-0.2, 0) is 0 Å². The average molecular weight is 130 g/mol. The van der Waals surface area contributed by atoms with Crippen LogP contribution in [0.15, 0.2) is 0 Å². The largest absolute Gasteiger partial charge is 0.109 e. The molecule has 48 valence electrons. The van der Waals surface area contributed by atoms with Crippen LogP contribution in [0.3, 0.4) is 0 Å². The van der Waals surface area contributed by atoms with Crippen LogP contribution in [0.2, 0.25) is 0 Å². The maximum atomic E-state index is 2.48. The molecule has 0 amide bonds. The molecule has 1 aliphatic heterocycles. The predicted octanol–water partition coefficient (Wildman–Crippen LogP) is 2.25. The van der Waals surface area contributed by atoms with E-state index in [1.54, 1.807) is 5.29 Å². The van der Waals surface area contributed by atoms with Crippen LogP contribution in [0, 0.1) is 0 Å².